The molecule has 17 aromatic carbocycles. The predicted octanol–water partition coefficient (Wildman–Crippen LogP) is 22.8. The third kappa shape index (κ3) is 12.5. The van der Waals surface area contributed by atoms with Crippen molar-refractivity contribution in [3.05, 3.63) is 430 Å². The second-order valence-electron chi connectivity index (χ2n) is 32.3. The van der Waals surface area contributed by atoms with Crippen molar-refractivity contribution in [3.63, 3.8) is 0 Å². The van der Waals surface area contributed by atoms with Crippen LogP contribution in [0.25, 0.3) is 156 Å². The fourth-order valence-corrected chi connectivity index (χ4v) is 28.3. The van der Waals surface area contributed by atoms with Crippen LogP contribution in [0.1, 0.15) is 17.5 Å². The van der Waals surface area contributed by atoms with Gasteiger partial charge >= 0.3 is 0 Å². The summed E-state index contributed by atoms with van der Waals surface area (Å²) in [6.45, 7) is 6.04. The van der Waals surface area contributed by atoms with Gasteiger partial charge in [0, 0.05) is 80.9 Å². The van der Waals surface area contributed by atoms with Crippen LogP contribution in [0.4, 0.5) is 0 Å². The van der Waals surface area contributed by atoms with E-state index in [0.29, 0.717) is 17.5 Å². The van der Waals surface area contributed by atoms with E-state index in [1.54, 1.807) is 0 Å². The predicted molar refractivity (Wildman–Crippen MR) is 522 cm³/mol. The van der Waals surface area contributed by atoms with E-state index in [4.69, 9.17) is 29.9 Å². The Bertz CT molecular complexity index is 7840. The average molecular weight is 1690 g/mol. The maximum Gasteiger partial charge on any atom is 0.175 e. The lowest BCUT2D eigenvalue weighted by molar-refractivity contribution is 0.591. The van der Waals surface area contributed by atoms with E-state index in [9.17, 15) is 0 Å². The topological polar surface area (TPSA) is 148 Å². The molecule has 22 aromatic rings. The van der Waals surface area contributed by atoms with Gasteiger partial charge in [-0.05, 0) is 187 Å². The van der Waals surface area contributed by atoms with Crippen molar-refractivity contribution in [2.75, 3.05) is 0 Å². The van der Waals surface area contributed by atoms with E-state index in [0.717, 1.165) is 182 Å². The van der Waals surface area contributed by atoms with E-state index >= 15 is 13.7 Å². The molecule has 0 amide bonds. The highest BCUT2D eigenvalue weighted by atomic mass is 31.2. The molecule has 0 saturated carbocycles. The maximum absolute atomic E-state index is 15.6. The molecule has 5 aromatic heterocycles. The Morgan fingerprint density at radius 2 is 0.480 bits per heavy atom. The third-order valence-electron chi connectivity index (χ3n) is 25.0. The highest BCUT2D eigenvalue weighted by Gasteiger charge is 2.44. The van der Waals surface area contributed by atoms with Gasteiger partial charge in [0.25, 0.3) is 0 Å². The normalized spacial score (nSPS) is 15.6. The van der Waals surface area contributed by atoms with Gasteiger partial charge in [-0.1, -0.05) is 291 Å². The second kappa shape index (κ2) is 30.6. The summed E-state index contributed by atoms with van der Waals surface area (Å²) in [5.74, 6) is 4.33. The number of fused-ring (bicyclic) bond motifs is 9. The van der Waals surface area contributed by atoms with Gasteiger partial charge in [-0.25, -0.2) is 29.9 Å². The number of rotatable bonds is 11. The summed E-state index contributed by atoms with van der Waals surface area (Å²) in [4.78, 5) is 29.2. The minimum absolute atomic E-state index is 0.525. The molecule has 8 heterocycles. The largest absolute Gasteiger partial charge is 0.309 e. The summed E-state index contributed by atoms with van der Waals surface area (Å²) >= 11 is 0. The maximum atomic E-state index is 15.6. The summed E-state index contributed by atoms with van der Waals surface area (Å²) in [5, 5.41) is 9.89. The summed E-state index contributed by atoms with van der Waals surface area (Å²) in [5.41, 5.74) is 23.1. The zero-order chi connectivity index (χ0) is 85.2. The SMILES string of the molecule is Cc1nc2cccc3c2n1-c1ccc(-c2cc(-c4ccccc4)cc(-c4ccccc4)c2)cc1P3(=O)c1ccccc1.Cc1nc2cccc3c2n1-c1ccc(-c2ccc(-n4c5ccccc5c5ccccc54)cc2)cc1P3(=O)c1ccccc1.Cc1nc2cccc3c2n1-c1ccc(-c2nc(-c4ccccc4)nc(-c4ccccc4)n2)cc1P3(=O)c1ccccc1. The quantitative estimate of drug-likeness (QED) is 0.115. The summed E-state index contributed by atoms with van der Waals surface area (Å²) in [6.07, 6.45) is 0. The van der Waals surface area contributed by atoms with Crippen molar-refractivity contribution in [2.24, 2.45) is 0 Å². The van der Waals surface area contributed by atoms with Gasteiger partial charge in [-0.3, -0.25) is 13.7 Å². The van der Waals surface area contributed by atoms with Gasteiger partial charge in [0.2, 0.25) is 0 Å². The zero-order valence-corrected chi connectivity index (χ0v) is 72.0. The van der Waals surface area contributed by atoms with Crippen LogP contribution in [0.3, 0.4) is 0 Å². The standard InChI is InChI=1S/C38H26N3OP.C38H27N2OP.C35H24N5OP/c1-25-39-32-14-9-17-36-38(32)40(25)35-23-20-27(24-37(35)43(36,42)29-10-3-2-4-11-29)26-18-21-28(22-19-26)41-33-15-7-5-12-30(33)31-13-6-8-16-34(31)41;1-26-39-34-18-11-19-36-38(34)40(26)35-21-20-29(25-37(35)42(36,41)33-16-9-4-10-17-33)32-23-30(27-12-5-2-6-13-27)22-31(24-32)28-14-7-3-8-15-28;1-23-36-28-18-11-19-30-32(28)40(23)29-21-20-26(22-31(29)42(30,41)27-16-9-4-10-17-27)35-38-33(24-12-5-2-6-13-24)37-34(39-35)25-14-7-3-8-15-25/h2-24H,1H3;2-25H,1H3;2-22H,1H3. The van der Waals surface area contributed by atoms with E-state index in [2.05, 4.69) is 194 Å². The van der Waals surface area contributed by atoms with Gasteiger partial charge in [0.15, 0.2) is 38.9 Å². The van der Waals surface area contributed by atoms with Crippen LogP contribution in [-0.2, 0) is 13.7 Å². The summed E-state index contributed by atoms with van der Waals surface area (Å²) < 4.78 is 55.4. The van der Waals surface area contributed by atoms with Crippen LogP contribution in [0.2, 0.25) is 0 Å². The molecule has 0 aliphatic carbocycles. The molecule has 3 aliphatic rings. The van der Waals surface area contributed by atoms with Gasteiger partial charge in [-0.2, -0.15) is 0 Å². The molecule has 127 heavy (non-hydrogen) atoms. The first-order valence-electron chi connectivity index (χ1n) is 42.5. The molecule has 0 radical (unpaired) electrons. The smallest absolute Gasteiger partial charge is 0.175 e. The molecular formula is C111H77N10O3P3. The van der Waals surface area contributed by atoms with Crippen LogP contribution in [-0.4, -0.2) is 48.2 Å². The van der Waals surface area contributed by atoms with Crippen molar-refractivity contribution in [3.8, 4) is 101 Å². The van der Waals surface area contributed by atoms with Crippen molar-refractivity contribution < 1.29 is 13.7 Å². The lowest BCUT2D eigenvalue weighted by Gasteiger charge is -2.29. The lowest BCUT2D eigenvalue weighted by Crippen LogP contribution is -2.33. The highest BCUT2D eigenvalue weighted by molar-refractivity contribution is 7.87. The Morgan fingerprint density at radius 3 is 0.843 bits per heavy atom. The molecular weight excluding hydrogens is 1610 g/mol. The Balaban J connectivity index is 0.000000109. The number of imidazole rings is 3. The molecule has 604 valence electrons. The molecule has 13 nitrogen and oxygen atoms in total. The number of hydrogen-bond donors (Lipinski definition) is 0. The van der Waals surface area contributed by atoms with Crippen molar-refractivity contribution in [1.82, 2.24) is 48.2 Å². The van der Waals surface area contributed by atoms with Gasteiger partial charge in [0.05, 0.1) is 61.2 Å². The Labute approximate surface area is 733 Å². The molecule has 0 spiro atoms. The first-order valence-corrected chi connectivity index (χ1v) is 47.6. The average Bonchev–Trinajstić information content (AvgIpc) is 1.63. The summed E-state index contributed by atoms with van der Waals surface area (Å²) in [6, 6.07) is 140. The van der Waals surface area contributed by atoms with E-state index in [1.165, 1.54) is 21.8 Å². The number of aryl methyl sites for hydroxylation is 3. The van der Waals surface area contributed by atoms with Gasteiger partial charge in [-0.15, -0.1) is 0 Å². The van der Waals surface area contributed by atoms with E-state index in [-0.39, 0.29) is 0 Å². The number of hydrogen-bond acceptors (Lipinski definition) is 9. The van der Waals surface area contributed by atoms with Crippen LogP contribution in [0, 0.1) is 20.8 Å². The molecule has 0 fully saturated rings. The minimum Gasteiger partial charge on any atom is -0.309 e. The number of para-hydroxylation sites is 5. The van der Waals surface area contributed by atoms with Crippen LogP contribution < -0.4 is 47.7 Å². The minimum atomic E-state index is -3.27. The zero-order valence-electron chi connectivity index (χ0n) is 69.3. The molecule has 0 N–H and O–H groups in total. The van der Waals surface area contributed by atoms with Gasteiger partial charge in [0.1, 0.15) is 17.5 Å². The molecule has 3 unspecified atom stereocenters. The molecule has 0 saturated heterocycles. The monoisotopic (exact) mass is 1690 g/mol. The fourth-order valence-electron chi connectivity index (χ4n) is 19.2. The summed E-state index contributed by atoms with van der Waals surface area (Å²) in [7, 11) is -9.64. The van der Waals surface area contributed by atoms with Crippen molar-refractivity contribution >= 4 is 124 Å². The molecule has 3 atom stereocenters. The number of aromatic nitrogens is 10. The first kappa shape index (κ1) is 76.5. The Morgan fingerprint density at radius 1 is 0.205 bits per heavy atom. The molecule has 0 bridgehead atoms. The van der Waals surface area contributed by atoms with Crippen molar-refractivity contribution in [2.45, 2.75) is 20.8 Å². The van der Waals surface area contributed by atoms with Gasteiger partial charge < -0.3 is 18.3 Å². The third-order valence-corrected chi connectivity index (χ3v) is 34.3. The first-order chi connectivity index (χ1) is 62.3. The Kier molecular flexibility index (Phi) is 18.4. The molecule has 16 heteroatoms. The van der Waals surface area contributed by atoms with Crippen LogP contribution in [0.5, 0.6) is 0 Å². The number of benzene rings is 17. The van der Waals surface area contributed by atoms with Crippen molar-refractivity contribution in [1.29, 1.82) is 0 Å². The Hall–Kier alpha value is -15.4. The molecule has 25 rings (SSSR count). The highest BCUT2D eigenvalue weighted by Crippen LogP contribution is 2.54. The fraction of sp³-hybridized carbons (Fsp3) is 0.0270. The van der Waals surface area contributed by atoms with Crippen LogP contribution >= 0.6 is 21.4 Å². The van der Waals surface area contributed by atoms with Crippen LogP contribution in [0.15, 0.2) is 413 Å². The lowest BCUT2D eigenvalue weighted by atomic mass is 9.93. The number of nitrogens with zero attached hydrogens (tertiary/aromatic N) is 10. The molecule has 3 aliphatic heterocycles. The van der Waals surface area contributed by atoms with E-state index < -0.39 is 21.4 Å². The van der Waals surface area contributed by atoms with E-state index in [1.807, 2.05) is 257 Å². The second-order valence-corrected chi connectivity index (χ2v) is 40.4.